The number of benzene rings is 2. The average molecular weight is 428 g/mol. The summed E-state index contributed by atoms with van der Waals surface area (Å²) in [6, 6.07) is 12.5. The van der Waals surface area contributed by atoms with Crippen LogP contribution in [0.4, 0.5) is 5.69 Å². The number of amides is 1. The molecule has 7 nitrogen and oxygen atoms in total. The van der Waals surface area contributed by atoms with E-state index in [4.69, 9.17) is 0 Å². The Hall–Kier alpha value is -2.97. The third kappa shape index (κ3) is 3.88. The second-order valence-corrected chi connectivity index (χ2v) is 9.64. The lowest BCUT2D eigenvalue weighted by molar-refractivity contribution is -0.118. The molecule has 1 amide bonds. The maximum absolute atomic E-state index is 12.9. The molecule has 1 atom stereocenters. The molecule has 0 radical (unpaired) electrons. The molecule has 8 heteroatoms. The number of anilines is 1. The molecule has 1 heterocycles. The van der Waals surface area contributed by atoms with Crippen LogP contribution in [0.5, 0.6) is 0 Å². The summed E-state index contributed by atoms with van der Waals surface area (Å²) < 4.78 is 27.0. The zero-order valence-electron chi connectivity index (χ0n) is 17.6. The number of fused-ring (bicyclic) bond motifs is 1. The number of nitrogens with one attached hydrogen (secondary N) is 1. The van der Waals surface area contributed by atoms with Gasteiger partial charge in [-0.25, -0.2) is 12.7 Å². The van der Waals surface area contributed by atoms with E-state index in [9.17, 15) is 18.0 Å². The molecular weight excluding hydrogens is 402 g/mol. The second kappa shape index (κ2) is 8.04. The number of carbonyl (C=O) groups is 1. The molecule has 0 aliphatic rings. The van der Waals surface area contributed by atoms with Gasteiger partial charge in [0.25, 0.3) is 5.56 Å². The third-order valence-corrected chi connectivity index (χ3v) is 6.98. The van der Waals surface area contributed by atoms with Gasteiger partial charge in [0.15, 0.2) is 0 Å². The lowest BCUT2D eigenvalue weighted by Crippen LogP contribution is -2.32. The number of sulfonamides is 1. The van der Waals surface area contributed by atoms with E-state index in [0.717, 1.165) is 26.3 Å². The number of aryl methyl sites for hydroxylation is 2. The monoisotopic (exact) mass is 427 g/mol. The van der Waals surface area contributed by atoms with Gasteiger partial charge in [-0.05, 0) is 56.2 Å². The highest BCUT2D eigenvalue weighted by molar-refractivity contribution is 7.89. The third-order valence-electron chi connectivity index (χ3n) is 5.15. The van der Waals surface area contributed by atoms with Gasteiger partial charge in [-0.15, -0.1) is 0 Å². The van der Waals surface area contributed by atoms with E-state index in [1.165, 1.54) is 49.0 Å². The lowest BCUT2D eigenvalue weighted by Gasteiger charge is -2.20. The molecule has 0 bridgehead atoms. The summed E-state index contributed by atoms with van der Waals surface area (Å²) in [5, 5.41) is 3.69. The molecule has 0 aliphatic heterocycles. The van der Waals surface area contributed by atoms with Crippen molar-refractivity contribution in [1.82, 2.24) is 8.87 Å². The van der Waals surface area contributed by atoms with Crippen LogP contribution in [0.15, 0.2) is 58.2 Å². The van der Waals surface area contributed by atoms with Gasteiger partial charge in [0.1, 0.15) is 6.04 Å². The molecule has 30 heavy (non-hydrogen) atoms. The molecule has 1 unspecified atom stereocenters. The fraction of sp³-hybridized carbons (Fsp3) is 0.273. The molecule has 1 aromatic heterocycles. The van der Waals surface area contributed by atoms with Crippen LogP contribution in [0, 0.1) is 13.8 Å². The highest BCUT2D eigenvalue weighted by Gasteiger charge is 2.21. The Morgan fingerprint density at radius 3 is 2.27 bits per heavy atom. The predicted octanol–water partition coefficient (Wildman–Crippen LogP) is 3.07. The highest BCUT2D eigenvalue weighted by atomic mass is 32.2. The predicted molar refractivity (Wildman–Crippen MR) is 118 cm³/mol. The topological polar surface area (TPSA) is 88.5 Å². The largest absolute Gasteiger partial charge is 0.324 e. The van der Waals surface area contributed by atoms with Crippen LogP contribution in [0.1, 0.15) is 24.1 Å². The van der Waals surface area contributed by atoms with Crippen LogP contribution in [0.25, 0.3) is 10.9 Å². The van der Waals surface area contributed by atoms with E-state index in [1.54, 1.807) is 6.92 Å². The van der Waals surface area contributed by atoms with Crippen molar-refractivity contribution in [3.05, 3.63) is 70.0 Å². The van der Waals surface area contributed by atoms with Crippen molar-refractivity contribution in [3.63, 3.8) is 0 Å². The van der Waals surface area contributed by atoms with Gasteiger partial charge in [0.05, 0.1) is 10.4 Å². The number of carbonyl (C=O) groups excluding carboxylic acids is 1. The quantitative estimate of drug-likeness (QED) is 0.678. The van der Waals surface area contributed by atoms with E-state index in [-0.39, 0.29) is 16.4 Å². The Balaban J connectivity index is 1.94. The molecule has 158 valence electrons. The van der Waals surface area contributed by atoms with Crippen molar-refractivity contribution in [1.29, 1.82) is 0 Å². The molecule has 0 fully saturated rings. The minimum Gasteiger partial charge on any atom is -0.324 e. The molecule has 2 aromatic carbocycles. The van der Waals surface area contributed by atoms with Crippen molar-refractivity contribution in [2.45, 2.75) is 31.7 Å². The molecule has 0 saturated carbocycles. The van der Waals surface area contributed by atoms with Crippen molar-refractivity contribution >= 4 is 32.5 Å². The first-order chi connectivity index (χ1) is 14.0. The summed E-state index contributed by atoms with van der Waals surface area (Å²) >= 11 is 0. The minimum atomic E-state index is -3.55. The molecule has 0 saturated heterocycles. The highest BCUT2D eigenvalue weighted by Crippen LogP contribution is 2.24. The van der Waals surface area contributed by atoms with Crippen LogP contribution in [0.3, 0.4) is 0 Å². The van der Waals surface area contributed by atoms with Crippen LogP contribution in [0.2, 0.25) is 0 Å². The zero-order chi connectivity index (χ0) is 22.2. The first-order valence-corrected chi connectivity index (χ1v) is 10.9. The summed E-state index contributed by atoms with van der Waals surface area (Å²) in [7, 11) is -0.632. The Kier molecular flexibility index (Phi) is 5.83. The maximum atomic E-state index is 12.9. The summed E-state index contributed by atoms with van der Waals surface area (Å²) in [5.41, 5.74) is 2.71. The van der Waals surface area contributed by atoms with Gasteiger partial charge >= 0.3 is 0 Å². The lowest BCUT2D eigenvalue weighted by atomic mass is 10.1. The Labute approximate surface area is 176 Å². The summed E-state index contributed by atoms with van der Waals surface area (Å²) in [5.74, 6) is -0.367. The van der Waals surface area contributed by atoms with Crippen LogP contribution < -0.4 is 10.9 Å². The average Bonchev–Trinajstić information content (AvgIpc) is 2.68. The van der Waals surface area contributed by atoms with E-state index in [0.29, 0.717) is 5.69 Å². The van der Waals surface area contributed by atoms with Crippen molar-refractivity contribution in [2.75, 3.05) is 19.4 Å². The van der Waals surface area contributed by atoms with Gasteiger partial charge in [0.2, 0.25) is 15.9 Å². The van der Waals surface area contributed by atoms with Crippen molar-refractivity contribution in [2.24, 2.45) is 0 Å². The first kappa shape index (κ1) is 21.7. The Bertz CT molecular complexity index is 1280. The van der Waals surface area contributed by atoms with E-state index in [1.807, 2.05) is 32.0 Å². The minimum absolute atomic E-state index is 0.134. The summed E-state index contributed by atoms with van der Waals surface area (Å²) in [4.78, 5) is 25.8. The van der Waals surface area contributed by atoms with Gasteiger partial charge in [-0.3, -0.25) is 14.2 Å². The molecule has 3 rings (SSSR count). The van der Waals surface area contributed by atoms with Gasteiger partial charge in [-0.1, -0.05) is 18.2 Å². The van der Waals surface area contributed by atoms with Crippen molar-refractivity contribution < 1.29 is 13.2 Å². The zero-order valence-corrected chi connectivity index (χ0v) is 18.4. The number of aromatic nitrogens is 1. The van der Waals surface area contributed by atoms with E-state index >= 15 is 0 Å². The summed E-state index contributed by atoms with van der Waals surface area (Å²) in [6.45, 7) is 5.46. The number of hydrogen-bond donors (Lipinski definition) is 1. The molecule has 3 aromatic rings. The van der Waals surface area contributed by atoms with Crippen LogP contribution in [-0.2, 0) is 14.8 Å². The van der Waals surface area contributed by atoms with Crippen LogP contribution >= 0.6 is 0 Å². The molecule has 1 N–H and O–H groups in total. The van der Waals surface area contributed by atoms with Crippen molar-refractivity contribution in [3.8, 4) is 0 Å². The van der Waals surface area contributed by atoms with Gasteiger partial charge in [0, 0.05) is 31.2 Å². The van der Waals surface area contributed by atoms with Gasteiger partial charge in [-0.2, -0.15) is 0 Å². The number of para-hydroxylation sites is 1. The summed E-state index contributed by atoms with van der Waals surface area (Å²) in [6.07, 6.45) is 0. The molecule has 0 aliphatic carbocycles. The fourth-order valence-electron chi connectivity index (χ4n) is 3.41. The number of nitrogens with zero attached hydrogens (tertiary/aromatic N) is 2. The van der Waals surface area contributed by atoms with Gasteiger partial charge < -0.3 is 5.32 Å². The van der Waals surface area contributed by atoms with E-state index in [2.05, 4.69) is 5.32 Å². The SMILES string of the molecule is Cc1cc(=O)n(C(C)C(=O)Nc2ccc(S(=O)(=O)N(C)C)cc2)c2c(C)cccc12. The molecule has 0 spiro atoms. The number of pyridine rings is 1. The van der Waals surface area contributed by atoms with E-state index < -0.39 is 16.1 Å². The molecular formula is C22H25N3O4S. The maximum Gasteiger partial charge on any atom is 0.252 e. The van der Waals surface area contributed by atoms with Crippen LogP contribution in [-0.4, -0.2) is 37.3 Å². The fourth-order valence-corrected chi connectivity index (χ4v) is 4.31. The number of hydrogen-bond acceptors (Lipinski definition) is 4. The first-order valence-electron chi connectivity index (χ1n) is 9.49. The smallest absolute Gasteiger partial charge is 0.252 e. The Morgan fingerprint density at radius 1 is 1.03 bits per heavy atom. The number of rotatable bonds is 5. The second-order valence-electron chi connectivity index (χ2n) is 7.48. The normalized spacial score (nSPS) is 12.9. The standard InChI is InChI=1S/C22H25N3O4S/c1-14-7-6-8-19-15(2)13-20(26)25(21(14)19)16(3)22(27)23-17-9-11-18(12-10-17)30(28,29)24(4)5/h6-13,16H,1-5H3,(H,23,27). The Morgan fingerprint density at radius 2 is 1.67 bits per heavy atom.